The fourth-order valence-electron chi connectivity index (χ4n) is 3.62. The van der Waals surface area contributed by atoms with Gasteiger partial charge in [0.25, 0.3) is 0 Å². The summed E-state index contributed by atoms with van der Waals surface area (Å²) >= 11 is 0. The van der Waals surface area contributed by atoms with Crippen molar-refractivity contribution in [3.63, 3.8) is 0 Å². The molecule has 1 unspecified atom stereocenters. The zero-order valence-corrected chi connectivity index (χ0v) is 16.1. The van der Waals surface area contributed by atoms with Crippen LogP contribution in [0.3, 0.4) is 0 Å². The molecule has 0 bridgehead atoms. The third-order valence-electron chi connectivity index (χ3n) is 5.05. The minimum atomic E-state index is -0.993. The van der Waals surface area contributed by atoms with Crippen LogP contribution in [0.25, 0.3) is 0 Å². The average molecular weight is 376 g/mol. The van der Waals surface area contributed by atoms with Gasteiger partial charge in [-0.2, -0.15) is 0 Å². The number of benzene rings is 2. The highest BCUT2D eigenvalue weighted by molar-refractivity contribution is 5.91. The van der Waals surface area contributed by atoms with Gasteiger partial charge in [0.2, 0.25) is 5.91 Å². The van der Waals surface area contributed by atoms with Crippen molar-refractivity contribution in [3.8, 4) is 0 Å². The van der Waals surface area contributed by atoms with E-state index < -0.39 is 17.9 Å². The highest BCUT2D eigenvalue weighted by atomic mass is 16.4. The average Bonchev–Trinajstić information content (AvgIpc) is 2.71. The number of rotatable bonds is 5. The van der Waals surface area contributed by atoms with Crippen LogP contribution < -0.4 is 0 Å². The molecule has 1 aliphatic heterocycles. The first-order valence-electron chi connectivity index (χ1n) is 9.33. The summed E-state index contributed by atoms with van der Waals surface area (Å²) in [5.74, 6) is -1.78. The highest BCUT2D eigenvalue weighted by Gasteiger charge is 2.38. The molecule has 0 spiro atoms. The van der Waals surface area contributed by atoms with E-state index in [0.29, 0.717) is 0 Å². The first-order chi connectivity index (χ1) is 13.5. The summed E-state index contributed by atoms with van der Waals surface area (Å²) in [7, 11) is 0. The van der Waals surface area contributed by atoms with E-state index in [0.717, 1.165) is 22.4 Å². The van der Waals surface area contributed by atoms with Crippen LogP contribution in [0.1, 0.15) is 37.3 Å². The highest BCUT2D eigenvalue weighted by Crippen LogP contribution is 2.31. The topological polar surface area (TPSA) is 70.0 Å². The summed E-state index contributed by atoms with van der Waals surface area (Å²) in [4.78, 5) is 31.4. The number of hydrogen-bond acceptors (Lipinski definition) is 3. The number of aliphatic imine (C=N–C) groups is 1. The summed E-state index contributed by atoms with van der Waals surface area (Å²) < 4.78 is 0. The minimum Gasteiger partial charge on any atom is -0.480 e. The van der Waals surface area contributed by atoms with E-state index in [1.54, 1.807) is 6.21 Å². The quantitative estimate of drug-likeness (QED) is 0.806. The number of carbonyl (C=O) groups is 2. The molecule has 0 aliphatic carbocycles. The van der Waals surface area contributed by atoms with E-state index in [1.807, 2.05) is 74.5 Å². The Labute approximate surface area is 165 Å². The summed E-state index contributed by atoms with van der Waals surface area (Å²) in [6.07, 6.45) is 1.96. The van der Waals surface area contributed by atoms with Crippen molar-refractivity contribution in [3.05, 3.63) is 83.1 Å². The van der Waals surface area contributed by atoms with Crippen LogP contribution in [0.4, 0.5) is 0 Å². The second kappa shape index (κ2) is 8.65. The van der Waals surface area contributed by atoms with Crippen molar-refractivity contribution in [1.82, 2.24) is 4.90 Å². The second-order valence-corrected chi connectivity index (χ2v) is 6.89. The van der Waals surface area contributed by atoms with Gasteiger partial charge in [-0.3, -0.25) is 9.79 Å². The van der Waals surface area contributed by atoms with Crippen molar-refractivity contribution in [1.29, 1.82) is 0 Å². The van der Waals surface area contributed by atoms with E-state index in [1.165, 1.54) is 4.90 Å². The first kappa shape index (κ1) is 19.5. The lowest BCUT2D eigenvalue weighted by Gasteiger charge is -2.36. The normalized spacial score (nSPS) is 17.4. The summed E-state index contributed by atoms with van der Waals surface area (Å²) in [6, 6.07) is 18.1. The Morgan fingerprint density at radius 2 is 1.61 bits per heavy atom. The van der Waals surface area contributed by atoms with Crippen LogP contribution in [0.15, 0.2) is 76.9 Å². The zero-order valence-electron chi connectivity index (χ0n) is 16.1. The molecule has 28 heavy (non-hydrogen) atoms. The van der Waals surface area contributed by atoms with Gasteiger partial charge in [-0.1, -0.05) is 60.7 Å². The molecule has 1 amide bonds. The van der Waals surface area contributed by atoms with Gasteiger partial charge < -0.3 is 10.0 Å². The maximum atomic E-state index is 13.7. The van der Waals surface area contributed by atoms with E-state index >= 15 is 0 Å². The van der Waals surface area contributed by atoms with Gasteiger partial charge in [-0.05, 0) is 30.5 Å². The molecule has 0 fully saturated rings. The van der Waals surface area contributed by atoms with Crippen molar-refractivity contribution >= 4 is 18.1 Å². The Kier molecular flexibility index (Phi) is 6.04. The third-order valence-corrected chi connectivity index (χ3v) is 5.05. The van der Waals surface area contributed by atoms with Crippen LogP contribution in [-0.2, 0) is 9.59 Å². The van der Waals surface area contributed by atoms with Gasteiger partial charge in [0.1, 0.15) is 6.04 Å². The van der Waals surface area contributed by atoms with E-state index in [-0.39, 0.29) is 18.9 Å². The van der Waals surface area contributed by atoms with Gasteiger partial charge in [0.05, 0.1) is 18.2 Å². The molecule has 1 aliphatic rings. The first-order valence-corrected chi connectivity index (χ1v) is 9.33. The molecule has 5 heteroatoms. The van der Waals surface area contributed by atoms with Crippen molar-refractivity contribution in [2.75, 3.05) is 6.54 Å². The number of carboxylic acids is 1. The Hall–Kier alpha value is -3.21. The van der Waals surface area contributed by atoms with Crippen LogP contribution in [0, 0.1) is 0 Å². The van der Waals surface area contributed by atoms with Crippen LogP contribution in [-0.4, -0.2) is 40.7 Å². The fraction of sp³-hybridized carbons (Fsp3) is 0.261. The number of aliphatic carboxylic acids is 1. The Bertz CT molecular complexity index is 864. The largest absolute Gasteiger partial charge is 0.480 e. The number of carboxylic acid groups (broad SMARTS) is 1. The lowest BCUT2D eigenvalue weighted by atomic mass is 9.88. The maximum absolute atomic E-state index is 13.7. The molecule has 1 heterocycles. The Balaban J connectivity index is 2.05. The maximum Gasteiger partial charge on any atom is 0.326 e. The smallest absolute Gasteiger partial charge is 0.326 e. The minimum absolute atomic E-state index is 0.197. The molecular formula is C23H24N2O3. The molecule has 0 aromatic heterocycles. The standard InChI is InChI=1S/C23H24N2O3/c1-3-24-19-15-25(20(23(27)28)14-16(19)2)22(26)21(17-10-6-4-7-11-17)18-12-8-5-9-13-18/h3-13,20-21H,14-15H2,1-2H3,(H,27,28). The van der Waals surface area contributed by atoms with Gasteiger partial charge in [0, 0.05) is 12.6 Å². The predicted molar refractivity (Wildman–Crippen MR) is 109 cm³/mol. The molecule has 1 atom stereocenters. The lowest BCUT2D eigenvalue weighted by Crippen LogP contribution is -2.50. The molecule has 2 aromatic rings. The summed E-state index contributed by atoms with van der Waals surface area (Å²) in [5.41, 5.74) is 3.35. The monoisotopic (exact) mass is 376 g/mol. The molecule has 5 nitrogen and oxygen atoms in total. The molecule has 2 aromatic carbocycles. The van der Waals surface area contributed by atoms with E-state index in [2.05, 4.69) is 4.99 Å². The molecule has 3 rings (SSSR count). The molecular weight excluding hydrogens is 352 g/mol. The zero-order chi connectivity index (χ0) is 20.1. The lowest BCUT2D eigenvalue weighted by molar-refractivity contribution is -0.150. The fourth-order valence-corrected chi connectivity index (χ4v) is 3.62. The SMILES string of the molecule is CC=NC1=C(C)CC(C(=O)O)N(C(=O)C(c2ccccc2)c2ccccc2)C1. The third kappa shape index (κ3) is 4.03. The number of amides is 1. The van der Waals surface area contributed by atoms with Crippen LogP contribution in [0.5, 0.6) is 0 Å². The molecule has 0 radical (unpaired) electrons. The van der Waals surface area contributed by atoms with E-state index in [4.69, 9.17) is 0 Å². The molecule has 0 saturated heterocycles. The Morgan fingerprint density at radius 3 is 2.07 bits per heavy atom. The van der Waals surface area contributed by atoms with Gasteiger partial charge in [0.15, 0.2) is 0 Å². The number of hydrogen-bond donors (Lipinski definition) is 1. The van der Waals surface area contributed by atoms with Gasteiger partial charge in [-0.25, -0.2) is 4.79 Å². The van der Waals surface area contributed by atoms with Crippen molar-refractivity contribution in [2.24, 2.45) is 4.99 Å². The molecule has 0 saturated carbocycles. The number of carbonyl (C=O) groups excluding carboxylic acids is 1. The molecule has 1 N–H and O–H groups in total. The predicted octanol–water partition coefficient (Wildman–Crippen LogP) is 3.87. The second-order valence-electron chi connectivity index (χ2n) is 6.89. The van der Waals surface area contributed by atoms with Crippen LogP contribution >= 0.6 is 0 Å². The van der Waals surface area contributed by atoms with Gasteiger partial charge in [-0.15, -0.1) is 0 Å². The van der Waals surface area contributed by atoms with Crippen LogP contribution in [0.2, 0.25) is 0 Å². The molecule has 144 valence electrons. The summed E-state index contributed by atoms with van der Waals surface area (Å²) in [6.45, 7) is 3.89. The number of nitrogens with zero attached hydrogens (tertiary/aromatic N) is 2. The Morgan fingerprint density at radius 1 is 1.07 bits per heavy atom. The van der Waals surface area contributed by atoms with Crippen molar-refractivity contribution in [2.45, 2.75) is 32.2 Å². The van der Waals surface area contributed by atoms with Gasteiger partial charge >= 0.3 is 5.97 Å². The van der Waals surface area contributed by atoms with E-state index in [9.17, 15) is 14.7 Å². The summed E-state index contributed by atoms with van der Waals surface area (Å²) in [5, 5.41) is 9.76. The van der Waals surface area contributed by atoms with Crippen molar-refractivity contribution < 1.29 is 14.7 Å².